The Bertz CT molecular complexity index is 1160. The van der Waals surface area contributed by atoms with Crippen molar-refractivity contribution in [2.24, 2.45) is 0 Å². The molecule has 0 aliphatic heterocycles. The predicted molar refractivity (Wildman–Crippen MR) is 134 cm³/mol. The van der Waals surface area contributed by atoms with Crippen LogP contribution in [0.4, 0.5) is 10.1 Å². The maximum Gasteiger partial charge on any atom is 0.244 e. The summed E-state index contributed by atoms with van der Waals surface area (Å²) in [7, 11) is -2.48. The van der Waals surface area contributed by atoms with Crippen LogP contribution in [0.15, 0.2) is 42.5 Å². The molecule has 8 nitrogen and oxygen atoms in total. The molecule has 1 atom stereocenters. The van der Waals surface area contributed by atoms with Gasteiger partial charge in [0.05, 0.1) is 19.1 Å². The number of sulfonamides is 1. The van der Waals surface area contributed by atoms with E-state index in [2.05, 4.69) is 5.32 Å². The number of carbonyl (C=O) groups is 2. The number of halogens is 1. The van der Waals surface area contributed by atoms with E-state index >= 15 is 0 Å². The molecule has 0 fully saturated rings. The van der Waals surface area contributed by atoms with E-state index in [0.29, 0.717) is 5.56 Å². The van der Waals surface area contributed by atoms with E-state index in [0.717, 1.165) is 16.1 Å². The summed E-state index contributed by atoms with van der Waals surface area (Å²) in [5.74, 6) is -1.13. The van der Waals surface area contributed by atoms with Crippen molar-refractivity contribution in [1.82, 2.24) is 10.2 Å². The van der Waals surface area contributed by atoms with Gasteiger partial charge in [-0.05, 0) is 70.0 Å². The van der Waals surface area contributed by atoms with Crippen LogP contribution in [-0.2, 0) is 26.2 Å². The van der Waals surface area contributed by atoms with E-state index in [1.165, 1.54) is 36.3 Å². The third-order valence-corrected chi connectivity index (χ3v) is 6.34. The van der Waals surface area contributed by atoms with Gasteiger partial charge in [0.25, 0.3) is 0 Å². The van der Waals surface area contributed by atoms with E-state index in [4.69, 9.17) is 4.74 Å². The Hall–Kier alpha value is -3.14. The number of methoxy groups -OCH3 is 1. The fourth-order valence-electron chi connectivity index (χ4n) is 3.43. The molecular weight excluding hydrogens is 473 g/mol. The van der Waals surface area contributed by atoms with Gasteiger partial charge in [-0.25, -0.2) is 12.8 Å². The van der Waals surface area contributed by atoms with Crippen LogP contribution >= 0.6 is 0 Å². The molecule has 0 aliphatic carbocycles. The molecule has 0 aromatic heterocycles. The van der Waals surface area contributed by atoms with Gasteiger partial charge in [0.1, 0.15) is 24.2 Å². The van der Waals surface area contributed by atoms with Gasteiger partial charge >= 0.3 is 0 Å². The molecule has 0 heterocycles. The Labute approximate surface area is 207 Å². The first kappa shape index (κ1) is 28.1. The minimum absolute atomic E-state index is 0.0135. The van der Waals surface area contributed by atoms with E-state index in [9.17, 15) is 22.4 Å². The molecule has 0 aliphatic rings. The minimum Gasteiger partial charge on any atom is -0.495 e. The third kappa shape index (κ3) is 7.95. The molecule has 0 radical (unpaired) electrons. The average Bonchev–Trinajstić information content (AvgIpc) is 2.74. The summed E-state index contributed by atoms with van der Waals surface area (Å²) >= 11 is 0. The second kappa shape index (κ2) is 11.1. The molecule has 2 amide bonds. The predicted octanol–water partition coefficient (Wildman–Crippen LogP) is 3.24. The lowest BCUT2D eigenvalue weighted by Crippen LogP contribution is -2.54. The van der Waals surface area contributed by atoms with Crippen LogP contribution in [0.2, 0.25) is 0 Å². The summed E-state index contributed by atoms with van der Waals surface area (Å²) in [5, 5.41) is 2.85. The third-order valence-electron chi connectivity index (χ3n) is 5.21. The van der Waals surface area contributed by atoms with Gasteiger partial charge < -0.3 is 15.0 Å². The fraction of sp³-hybridized carbons (Fsp3) is 0.440. The van der Waals surface area contributed by atoms with Gasteiger partial charge in [0.15, 0.2) is 0 Å². The number of amides is 2. The normalized spacial score (nSPS) is 12.6. The van der Waals surface area contributed by atoms with Crippen LogP contribution in [0.25, 0.3) is 0 Å². The molecular formula is C25H34FN3O5S. The molecule has 35 heavy (non-hydrogen) atoms. The Morgan fingerprint density at radius 2 is 1.71 bits per heavy atom. The van der Waals surface area contributed by atoms with Crippen molar-refractivity contribution in [3.63, 3.8) is 0 Å². The number of anilines is 1. The van der Waals surface area contributed by atoms with Crippen LogP contribution in [0, 0.1) is 12.7 Å². The van der Waals surface area contributed by atoms with E-state index in [1.54, 1.807) is 32.0 Å². The van der Waals surface area contributed by atoms with Gasteiger partial charge in [0.2, 0.25) is 21.8 Å². The highest BCUT2D eigenvalue weighted by atomic mass is 32.2. The second-order valence-corrected chi connectivity index (χ2v) is 11.4. The maximum absolute atomic E-state index is 13.6. The Morgan fingerprint density at radius 3 is 2.23 bits per heavy atom. The van der Waals surface area contributed by atoms with E-state index in [1.807, 2.05) is 20.8 Å². The zero-order chi connectivity index (χ0) is 26.6. The summed E-state index contributed by atoms with van der Waals surface area (Å²) in [4.78, 5) is 27.8. The van der Waals surface area contributed by atoms with Crippen molar-refractivity contribution >= 4 is 27.5 Å². The van der Waals surface area contributed by atoms with Crippen LogP contribution in [0.5, 0.6) is 5.75 Å². The molecule has 192 valence electrons. The maximum atomic E-state index is 13.6. The number of benzene rings is 2. The average molecular weight is 508 g/mol. The van der Waals surface area contributed by atoms with Crippen LogP contribution in [0.1, 0.15) is 38.8 Å². The molecule has 0 bridgehead atoms. The van der Waals surface area contributed by atoms with Crippen molar-refractivity contribution in [2.75, 3.05) is 24.2 Å². The van der Waals surface area contributed by atoms with Gasteiger partial charge in [0, 0.05) is 12.1 Å². The Morgan fingerprint density at radius 1 is 1.11 bits per heavy atom. The molecule has 10 heteroatoms. The van der Waals surface area contributed by atoms with Gasteiger partial charge in [-0.3, -0.25) is 13.9 Å². The molecule has 0 saturated carbocycles. The first-order chi connectivity index (χ1) is 16.1. The number of rotatable bonds is 9. The highest BCUT2D eigenvalue weighted by Crippen LogP contribution is 2.31. The van der Waals surface area contributed by atoms with Crippen LogP contribution < -0.4 is 14.4 Å². The molecule has 1 N–H and O–H groups in total. The van der Waals surface area contributed by atoms with Crippen molar-refractivity contribution in [3.05, 3.63) is 59.4 Å². The Kier molecular flexibility index (Phi) is 8.89. The number of nitrogens with one attached hydrogen (secondary N) is 1. The largest absolute Gasteiger partial charge is 0.495 e. The number of ether oxygens (including phenoxy) is 1. The SMILES string of the molecule is COc1ccc(C)cc1N(CC(=O)N(Cc1ccc(F)cc1)[C@@H](C)C(=O)NC(C)(C)C)S(C)(=O)=O. The Balaban J connectivity index is 2.47. The van der Waals surface area contributed by atoms with Gasteiger partial charge in [-0.15, -0.1) is 0 Å². The molecule has 2 aromatic carbocycles. The monoisotopic (exact) mass is 507 g/mol. The smallest absolute Gasteiger partial charge is 0.244 e. The van der Waals surface area contributed by atoms with Crippen LogP contribution in [0.3, 0.4) is 0 Å². The standard InChI is InChI=1S/C25H34FN3O5S/c1-17-8-13-22(34-6)21(14-17)29(35(7,32)33)16-23(30)28(15-19-9-11-20(26)12-10-19)18(2)24(31)27-25(3,4)5/h8-14,18H,15-16H2,1-7H3,(H,27,31)/t18-/m0/s1. The fourth-order valence-corrected chi connectivity index (χ4v) is 4.28. The topological polar surface area (TPSA) is 96.0 Å². The molecule has 0 unspecified atom stereocenters. The molecule has 0 spiro atoms. The van der Waals surface area contributed by atoms with Crippen LogP contribution in [-0.4, -0.2) is 56.6 Å². The second-order valence-electron chi connectivity index (χ2n) is 9.51. The van der Waals surface area contributed by atoms with E-state index < -0.39 is 45.8 Å². The quantitative estimate of drug-likeness (QED) is 0.562. The lowest BCUT2D eigenvalue weighted by Gasteiger charge is -2.33. The van der Waals surface area contributed by atoms with Crippen molar-refractivity contribution < 1.29 is 27.1 Å². The van der Waals surface area contributed by atoms with Crippen molar-refractivity contribution in [3.8, 4) is 5.75 Å². The summed E-state index contributed by atoms with van der Waals surface area (Å²) < 4.78 is 45.2. The first-order valence-corrected chi connectivity index (χ1v) is 13.0. The molecule has 2 rings (SSSR count). The summed E-state index contributed by atoms with van der Waals surface area (Å²) in [6.07, 6.45) is 1.00. The minimum atomic E-state index is -3.89. The lowest BCUT2D eigenvalue weighted by atomic mass is 10.1. The zero-order valence-electron chi connectivity index (χ0n) is 21.3. The summed E-state index contributed by atoms with van der Waals surface area (Å²) in [5.41, 5.74) is 1.05. The highest BCUT2D eigenvalue weighted by Gasteiger charge is 2.32. The lowest BCUT2D eigenvalue weighted by molar-refractivity contribution is -0.140. The highest BCUT2D eigenvalue weighted by molar-refractivity contribution is 7.92. The summed E-state index contributed by atoms with van der Waals surface area (Å²) in [6, 6.07) is 9.65. The van der Waals surface area contributed by atoms with Gasteiger partial charge in [-0.2, -0.15) is 0 Å². The number of nitrogens with zero attached hydrogens (tertiary/aromatic N) is 2. The number of carbonyl (C=O) groups excluding carboxylic acids is 2. The number of aryl methyl sites for hydroxylation is 1. The van der Waals surface area contributed by atoms with Crippen molar-refractivity contribution in [2.45, 2.75) is 52.7 Å². The number of hydrogen-bond donors (Lipinski definition) is 1. The summed E-state index contributed by atoms with van der Waals surface area (Å²) in [6.45, 7) is 8.26. The van der Waals surface area contributed by atoms with Gasteiger partial charge in [-0.1, -0.05) is 18.2 Å². The first-order valence-electron chi connectivity index (χ1n) is 11.1. The van der Waals surface area contributed by atoms with Crippen molar-refractivity contribution in [1.29, 1.82) is 0 Å². The molecule has 2 aromatic rings. The number of hydrogen-bond acceptors (Lipinski definition) is 5. The zero-order valence-corrected chi connectivity index (χ0v) is 22.1. The van der Waals surface area contributed by atoms with E-state index in [-0.39, 0.29) is 18.0 Å². The molecule has 0 saturated heterocycles.